The standard InChI is InChI=1S/C13H13N3OS/c1-16-12(8-17)7-15-13(16)18-9-11-4-2-3-10(5-11)6-14/h2-5,7,17H,8-9H2,1H3. The maximum absolute atomic E-state index is 9.08. The molecule has 1 N–H and O–H groups in total. The van der Waals surface area contributed by atoms with Gasteiger partial charge in [-0.25, -0.2) is 4.98 Å². The van der Waals surface area contributed by atoms with E-state index in [2.05, 4.69) is 11.1 Å². The van der Waals surface area contributed by atoms with Crippen LogP contribution in [0, 0.1) is 11.3 Å². The Balaban J connectivity index is 2.07. The van der Waals surface area contributed by atoms with Crippen LogP contribution in [0.3, 0.4) is 0 Å². The van der Waals surface area contributed by atoms with Gasteiger partial charge in [-0.15, -0.1) is 0 Å². The zero-order chi connectivity index (χ0) is 13.0. The average Bonchev–Trinajstić information content (AvgIpc) is 2.77. The van der Waals surface area contributed by atoms with Crippen molar-refractivity contribution >= 4 is 11.8 Å². The van der Waals surface area contributed by atoms with E-state index in [1.165, 1.54) is 0 Å². The first-order valence-corrected chi connectivity index (χ1v) is 6.46. The van der Waals surface area contributed by atoms with E-state index in [0.29, 0.717) is 5.56 Å². The molecule has 1 aromatic heterocycles. The van der Waals surface area contributed by atoms with Gasteiger partial charge in [0.15, 0.2) is 5.16 Å². The number of aromatic nitrogens is 2. The van der Waals surface area contributed by atoms with Crippen molar-refractivity contribution in [2.24, 2.45) is 7.05 Å². The smallest absolute Gasteiger partial charge is 0.168 e. The maximum atomic E-state index is 9.08. The number of imidazole rings is 1. The second kappa shape index (κ2) is 5.71. The molecule has 0 aliphatic rings. The molecule has 1 heterocycles. The summed E-state index contributed by atoms with van der Waals surface area (Å²) in [6.07, 6.45) is 1.67. The molecule has 0 amide bonds. The van der Waals surface area contributed by atoms with Gasteiger partial charge >= 0.3 is 0 Å². The fourth-order valence-electron chi connectivity index (χ4n) is 1.59. The maximum Gasteiger partial charge on any atom is 0.168 e. The molecule has 0 spiro atoms. The van der Waals surface area contributed by atoms with Crippen LogP contribution in [-0.4, -0.2) is 14.7 Å². The van der Waals surface area contributed by atoms with Crippen LogP contribution in [0.1, 0.15) is 16.8 Å². The summed E-state index contributed by atoms with van der Waals surface area (Å²) in [5.41, 5.74) is 2.56. The van der Waals surface area contributed by atoms with Crippen LogP contribution in [0.15, 0.2) is 35.6 Å². The lowest BCUT2D eigenvalue weighted by molar-refractivity contribution is 0.271. The van der Waals surface area contributed by atoms with Crippen LogP contribution >= 0.6 is 11.8 Å². The molecule has 0 unspecified atom stereocenters. The average molecular weight is 259 g/mol. The molecular formula is C13H13N3OS. The van der Waals surface area contributed by atoms with Crippen molar-refractivity contribution in [3.8, 4) is 6.07 Å². The molecule has 1 aromatic carbocycles. The third-order valence-corrected chi connectivity index (χ3v) is 3.74. The van der Waals surface area contributed by atoms with Crippen molar-refractivity contribution in [2.75, 3.05) is 0 Å². The number of rotatable bonds is 4. The van der Waals surface area contributed by atoms with Gasteiger partial charge in [0.1, 0.15) is 0 Å². The molecule has 18 heavy (non-hydrogen) atoms. The Bertz CT molecular complexity index is 586. The highest BCUT2D eigenvalue weighted by molar-refractivity contribution is 7.98. The van der Waals surface area contributed by atoms with Crippen molar-refractivity contribution in [3.05, 3.63) is 47.3 Å². The number of nitrogens with zero attached hydrogens (tertiary/aromatic N) is 3. The predicted octanol–water partition coefficient (Wildman–Crippen LogP) is 2.08. The van der Waals surface area contributed by atoms with Crippen LogP contribution in [0.2, 0.25) is 0 Å². The van der Waals surface area contributed by atoms with E-state index >= 15 is 0 Å². The normalized spacial score (nSPS) is 10.3. The van der Waals surface area contributed by atoms with Crippen molar-refractivity contribution in [1.29, 1.82) is 5.26 Å². The van der Waals surface area contributed by atoms with Crippen LogP contribution in [0.4, 0.5) is 0 Å². The van der Waals surface area contributed by atoms with E-state index in [1.807, 2.05) is 29.8 Å². The van der Waals surface area contributed by atoms with Gasteiger partial charge in [-0.2, -0.15) is 5.26 Å². The molecule has 0 saturated carbocycles. The van der Waals surface area contributed by atoms with Gasteiger partial charge in [0.25, 0.3) is 0 Å². The molecule has 4 nitrogen and oxygen atoms in total. The van der Waals surface area contributed by atoms with E-state index in [0.717, 1.165) is 22.2 Å². The molecule has 0 fully saturated rings. The third kappa shape index (κ3) is 2.73. The predicted molar refractivity (Wildman–Crippen MR) is 69.8 cm³/mol. The van der Waals surface area contributed by atoms with E-state index in [-0.39, 0.29) is 6.61 Å². The summed E-state index contributed by atoms with van der Waals surface area (Å²) in [5, 5.41) is 18.8. The van der Waals surface area contributed by atoms with Crippen molar-refractivity contribution in [2.45, 2.75) is 17.5 Å². The molecule has 0 radical (unpaired) electrons. The second-order valence-corrected chi connectivity index (χ2v) is 4.79. The number of benzene rings is 1. The fourth-order valence-corrected chi connectivity index (χ4v) is 2.50. The highest BCUT2D eigenvalue weighted by Gasteiger charge is 2.06. The summed E-state index contributed by atoms with van der Waals surface area (Å²) < 4.78 is 1.87. The largest absolute Gasteiger partial charge is 0.390 e. The Labute approximate surface area is 110 Å². The molecule has 2 rings (SSSR count). The van der Waals surface area contributed by atoms with Crippen molar-refractivity contribution in [3.63, 3.8) is 0 Å². The zero-order valence-corrected chi connectivity index (χ0v) is 10.8. The lowest BCUT2D eigenvalue weighted by Crippen LogP contribution is -1.97. The minimum Gasteiger partial charge on any atom is -0.390 e. The van der Waals surface area contributed by atoms with Gasteiger partial charge in [-0.05, 0) is 17.7 Å². The molecule has 5 heteroatoms. The van der Waals surface area contributed by atoms with E-state index in [4.69, 9.17) is 10.4 Å². The number of hydrogen-bond donors (Lipinski definition) is 1. The number of hydrogen-bond acceptors (Lipinski definition) is 4. The van der Waals surface area contributed by atoms with Crippen molar-refractivity contribution in [1.82, 2.24) is 9.55 Å². The monoisotopic (exact) mass is 259 g/mol. The van der Waals surface area contributed by atoms with E-state index in [1.54, 1.807) is 24.0 Å². The SMILES string of the molecule is Cn1c(CO)cnc1SCc1cccc(C#N)c1. The van der Waals surface area contributed by atoms with Crippen LogP contribution in [-0.2, 0) is 19.4 Å². The van der Waals surface area contributed by atoms with Gasteiger partial charge in [0.2, 0.25) is 0 Å². The molecule has 92 valence electrons. The summed E-state index contributed by atoms with van der Waals surface area (Å²) in [4.78, 5) is 4.25. The quantitative estimate of drug-likeness (QED) is 0.854. The lowest BCUT2D eigenvalue weighted by Gasteiger charge is -2.04. The third-order valence-electron chi connectivity index (χ3n) is 2.63. The van der Waals surface area contributed by atoms with Crippen LogP contribution in [0.25, 0.3) is 0 Å². The fraction of sp³-hybridized carbons (Fsp3) is 0.231. The first-order valence-electron chi connectivity index (χ1n) is 5.48. The van der Waals surface area contributed by atoms with Gasteiger partial charge in [0.05, 0.1) is 30.1 Å². The summed E-state index contributed by atoms with van der Waals surface area (Å²) in [7, 11) is 1.88. The molecule has 2 aromatic rings. The Morgan fingerprint density at radius 1 is 1.50 bits per heavy atom. The summed E-state index contributed by atoms with van der Waals surface area (Å²) in [5.74, 6) is 0.755. The highest BCUT2D eigenvalue weighted by atomic mass is 32.2. The Hall–Kier alpha value is -1.77. The summed E-state index contributed by atoms with van der Waals surface area (Å²) in [6, 6.07) is 9.67. The Morgan fingerprint density at radius 3 is 3.00 bits per heavy atom. The number of thioether (sulfide) groups is 1. The lowest BCUT2D eigenvalue weighted by atomic mass is 10.2. The molecule has 0 bridgehead atoms. The highest BCUT2D eigenvalue weighted by Crippen LogP contribution is 2.22. The molecule has 0 saturated heterocycles. The van der Waals surface area contributed by atoms with Gasteiger partial charge in [-0.1, -0.05) is 23.9 Å². The van der Waals surface area contributed by atoms with Crippen LogP contribution < -0.4 is 0 Å². The molecule has 0 aliphatic carbocycles. The number of nitriles is 1. The minimum absolute atomic E-state index is 0.00597. The first kappa shape index (κ1) is 12.7. The van der Waals surface area contributed by atoms with Gasteiger partial charge in [0, 0.05) is 12.8 Å². The topological polar surface area (TPSA) is 61.8 Å². The van der Waals surface area contributed by atoms with E-state index < -0.39 is 0 Å². The van der Waals surface area contributed by atoms with E-state index in [9.17, 15) is 0 Å². The Kier molecular flexibility index (Phi) is 4.03. The zero-order valence-electron chi connectivity index (χ0n) is 10.00. The van der Waals surface area contributed by atoms with Gasteiger partial charge < -0.3 is 9.67 Å². The van der Waals surface area contributed by atoms with Crippen LogP contribution in [0.5, 0.6) is 0 Å². The molecular weight excluding hydrogens is 246 g/mol. The van der Waals surface area contributed by atoms with Crippen molar-refractivity contribution < 1.29 is 5.11 Å². The summed E-state index contributed by atoms with van der Waals surface area (Å²) in [6.45, 7) is -0.00597. The second-order valence-electron chi connectivity index (χ2n) is 3.85. The number of aliphatic hydroxyl groups excluding tert-OH is 1. The first-order chi connectivity index (χ1) is 8.74. The molecule has 0 aliphatic heterocycles. The summed E-state index contributed by atoms with van der Waals surface area (Å²) >= 11 is 1.59. The number of aliphatic hydroxyl groups is 1. The molecule has 0 atom stereocenters. The van der Waals surface area contributed by atoms with Gasteiger partial charge in [-0.3, -0.25) is 0 Å². The minimum atomic E-state index is -0.00597. The Morgan fingerprint density at radius 2 is 2.33 bits per heavy atom.